The fourth-order valence-corrected chi connectivity index (χ4v) is 2.85. The number of urea groups is 1. The molecule has 2 aromatic rings. The summed E-state index contributed by atoms with van der Waals surface area (Å²) < 4.78 is 5.56. The van der Waals surface area contributed by atoms with Gasteiger partial charge in [0.25, 0.3) is 5.91 Å². The summed E-state index contributed by atoms with van der Waals surface area (Å²) in [4.78, 5) is 30.9. The molecular weight excluding hydrogens is 332 g/mol. The van der Waals surface area contributed by atoms with E-state index < -0.39 is 0 Å². The fourth-order valence-electron chi connectivity index (χ4n) is 2.85. The van der Waals surface area contributed by atoms with Crippen LogP contribution in [-0.4, -0.2) is 66.1 Å². The van der Waals surface area contributed by atoms with E-state index in [0.29, 0.717) is 51.6 Å². The van der Waals surface area contributed by atoms with Crippen LogP contribution in [0.2, 0.25) is 0 Å². The van der Waals surface area contributed by atoms with E-state index in [4.69, 9.17) is 4.74 Å². The van der Waals surface area contributed by atoms with Gasteiger partial charge in [-0.3, -0.25) is 4.79 Å². The first-order chi connectivity index (χ1) is 12.7. The Balaban J connectivity index is 1.32. The average Bonchev–Trinajstić information content (AvgIpc) is 3.23. The normalized spacial score (nSPS) is 14.3. The summed E-state index contributed by atoms with van der Waals surface area (Å²) >= 11 is 0. The van der Waals surface area contributed by atoms with Crippen LogP contribution in [0, 0.1) is 0 Å². The number of piperazine rings is 1. The molecule has 138 valence electrons. The molecule has 0 bridgehead atoms. The van der Waals surface area contributed by atoms with Crippen LogP contribution in [0.5, 0.6) is 0 Å². The third kappa shape index (κ3) is 4.86. The summed E-state index contributed by atoms with van der Waals surface area (Å²) in [6.45, 7) is 3.60. The summed E-state index contributed by atoms with van der Waals surface area (Å²) in [5, 5.41) is 2.86. The molecular formula is C19H24N4O3. The first-order valence-corrected chi connectivity index (χ1v) is 8.81. The quantitative estimate of drug-likeness (QED) is 0.774. The van der Waals surface area contributed by atoms with Crippen LogP contribution in [0.3, 0.4) is 0 Å². The molecule has 0 radical (unpaired) electrons. The highest BCUT2D eigenvalue weighted by molar-refractivity contribution is 5.92. The molecule has 1 aliphatic rings. The van der Waals surface area contributed by atoms with Crippen molar-refractivity contribution in [1.29, 1.82) is 0 Å². The summed E-state index contributed by atoms with van der Waals surface area (Å²) in [6, 6.07) is 13.4. The highest BCUT2D eigenvalue weighted by Gasteiger charge is 2.24. The molecule has 0 spiro atoms. The molecule has 1 aromatic carbocycles. The lowest BCUT2D eigenvalue weighted by Crippen LogP contribution is -2.53. The maximum absolute atomic E-state index is 12.3. The van der Waals surface area contributed by atoms with Crippen LogP contribution in [0.1, 0.15) is 16.1 Å². The largest absolute Gasteiger partial charge is 0.375 e. The Morgan fingerprint density at radius 2 is 1.73 bits per heavy atom. The molecule has 1 aliphatic heterocycles. The third-order valence-electron chi connectivity index (χ3n) is 4.32. The number of carbonyl (C=O) groups is 2. The van der Waals surface area contributed by atoms with E-state index in [9.17, 15) is 9.59 Å². The van der Waals surface area contributed by atoms with Crippen LogP contribution < -0.4 is 5.32 Å². The summed E-state index contributed by atoms with van der Waals surface area (Å²) in [5.41, 5.74) is 1.69. The topological polar surface area (TPSA) is 77.7 Å². The lowest BCUT2D eigenvalue weighted by Gasteiger charge is -2.34. The van der Waals surface area contributed by atoms with E-state index in [1.807, 2.05) is 30.3 Å². The number of nitrogens with one attached hydrogen (secondary N) is 2. The molecule has 0 saturated carbocycles. The second-order valence-corrected chi connectivity index (χ2v) is 6.13. The molecule has 3 rings (SSSR count). The van der Waals surface area contributed by atoms with Crippen molar-refractivity contribution >= 4 is 11.9 Å². The number of aromatic nitrogens is 1. The van der Waals surface area contributed by atoms with Crippen molar-refractivity contribution in [1.82, 2.24) is 20.1 Å². The minimum absolute atomic E-state index is 0.0237. The van der Waals surface area contributed by atoms with Crippen molar-refractivity contribution in [2.75, 3.05) is 39.3 Å². The first kappa shape index (κ1) is 18.0. The van der Waals surface area contributed by atoms with Crippen LogP contribution in [-0.2, 0) is 11.3 Å². The van der Waals surface area contributed by atoms with Gasteiger partial charge < -0.3 is 24.8 Å². The van der Waals surface area contributed by atoms with Crippen LogP contribution in [0.4, 0.5) is 4.79 Å². The van der Waals surface area contributed by atoms with Crippen LogP contribution in [0.15, 0.2) is 48.7 Å². The van der Waals surface area contributed by atoms with Crippen molar-refractivity contribution in [3.63, 3.8) is 0 Å². The van der Waals surface area contributed by atoms with Crippen molar-refractivity contribution in [3.05, 3.63) is 59.9 Å². The predicted octanol–water partition coefficient (Wildman–Crippen LogP) is 1.70. The number of hydrogen-bond donors (Lipinski definition) is 2. The number of carbonyl (C=O) groups excluding carboxylic acids is 2. The van der Waals surface area contributed by atoms with E-state index in [2.05, 4.69) is 10.3 Å². The third-order valence-corrected chi connectivity index (χ3v) is 4.32. The Bertz CT molecular complexity index is 695. The number of amides is 3. The Morgan fingerprint density at radius 1 is 1.00 bits per heavy atom. The number of benzene rings is 1. The molecule has 7 heteroatoms. The molecule has 0 aliphatic carbocycles. The summed E-state index contributed by atoms with van der Waals surface area (Å²) in [7, 11) is 0. The highest BCUT2D eigenvalue weighted by atomic mass is 16.5. The zero-order chi connectivity index (χ0) is 18.2. The van der Waals surface area contributed by atoms with Gasteiger partial charge in [0.15, 0.2) is 0 Å². The van der Waals surface area contributed by atoms with E-state index in [0.717, 1.165) is 5.56 Å². The van der Waals surface area contributed by atoms with Crippen molar-refractivity contribution < 1.29 is 14.3 Å². The molecule has 0 unspecified atom stereocenters. The smallest absolute Gasteiger partial charge is 0.317 e. The maximum atomic E-state index is 12.3. The Labute approximate surface area is 152 Å². The lowest BCUT2D eigenvalue weighted by molar-refractivity contribution is 0.0657. The van der Waals surface area contributed by atoms with Crippen LogP contribution >= 0.6 is 0 Å². The second-order valence-electron chi connectivity index (χ2n) is 6.13. The molecule has 3 amide bonds. The van der Waals surface area contributed by atoms with Gasteiger partial charge in [0.2, 0.25) is 0 Å². The zero-order valence-corrected chi connectivity index (χ0v) is 14.7. The summed E-state index contributed by atoms with van der Waals surface area (Å²) in [5.74, 6) is -0.0237. The highest BCUT2D eigenvalue weighted by Crippen LogP contribution is 2.07. The van der Waals surface area contributed by atoms with Crippen molar-refractivity contribution in [2.24, 2.45) is 0 Å². The van der Waals surface area contributed by atoms with Gasteiger partial charge in [0.05, 0.1) is 13.2 Å². The molecule has 1 saturated heterocycles. The first-order valence-electron chi connectivity index (χ1n) is 8.81. The average molecular weight is 356 g/mol. The molecule has 1 aromatic heterocycles. The summed E-state index contributed by atoms with van der Waals surface area (Å²) in [6.07, 6.45) is 1.73. The van der Waals surface area contributed by atoms with Crippen molar-refractivity contribution in [3.8, 4) is 0 Å². The van der Waals surface area contributed by atoms with Gasteiger partial charge in [0.1, 0.15) is 5.69 Å². The minimum Gasteiger partial charge on any atom is -0.375 e. The van der Waals surface area contributed by atoms with Crippen molar-refractivity contribution in [2.45, 2.75) is 6.61 Å². The van der Waals surface area contributed by atoms with Gasteiger partial charge in [-0.1, -0.05) is 30.3 Å². The monoisotopic (exact) mass is 356 g/mol. The van der Waals surface area contributed by atoms with Crippen LogP contribution in [0.25, 0.3) is 0 Å². The minimum atomic E-state index is -0.111. The SMILES string of the molecule is O=C(NCCOCc1ccccc1)N1CCN(C(=O)c2ccc[nH]2)CC1. The van der Waals surface area contributed by atoms with E-state index in [1.54, 1.807) is 28.1 Å². The maximum Gasteiger partial charge on any atom is 0.317 e. The number of nitrogens with zero attached hydrogens (tertiary/aromatic N) is 2. The lowest BCUT2D eigenvalue weighted by atomic mass is 10.2. The van der Waals surface area contributed by atoms with Gasteiger partial charge in [-0.2, -0.15) is 0 Å². The standard InChI is InChI=1S/C19H24N4O3/c24-18(17-7-4-8-20-17)22-10-12-23(13-11-22)19(25)21-9-14-26-15-16-5-2-1-3-6-16/h1-8,20H,9-15H2,(H,21,25). The number of rotatable bonds is 6. The number of aromatic amines is 1. The van der Waals surface area contributed by atoms with E-state index in [1.165, 1.54) is 0 Å². The molecule has 2 N–H and O–H groups in total. The molecule has 26 heavy (non-hydrogen) atoms. The van der Waals surface area contributed by atoms with E-state index in [-0.39, 0.29) is 11.9 Å². The van der Waals surface area contributed by atoms with Gasteiger partial charge in [-0.25, -0.2) is 4.79 Å². The predicted molar refractivity (Wildman–Crippen MR) is 97.8 cm³/mol. The Morgan fingerprint density at radius 3 is 2.42 bits per heavy atom. The molecule has 0 atom stereocenters. The molecule has 7 nitrogen and oxygen atoms in total. The Hall–Kier alpha value is -2.80. The fraction of sp³-hybridized carbons (Fsp3) is 0.368. The second kappa shape index (κ2) is 9.05. The number of H-pyrrole nitrogens is 1. The van der Waals surface area contributed by atoms with E-state index >= 15 is 0 Å². The van der Waals surface area contributed by atoms with Gasteiger partial charge >= 0.3 is 6.03 Å². The van der Waals surface area contributed by atoms with Gasteiger partial charge in [0, 0.05) is 38.9 Å². The van der Waals surface area contributed by atoms with Gasteiger partial charge in [-0.15, -0.1) is 0 Å². The number of ether oxygens (including phenoxy) is 1. The zero-order valence-electron chi connectivity index (χ0n) is 14.7. The van der Waals surface area contributed by atoms with Gasteiger partial charge in [-0.05, 0) is 17.7 Å². The molecule has 2 heterocycles. The Kier molecular flexibility index (Phi) is 6.27. The molecule has 1 fully saturated rings. The number of hydrogen-bond acceptors (Lipinski definition) is 3.